The molecule has 2 nitrogen and oxygen atoms in total. The van der Waals surface area contributed by atoms with Crippen molar-refractivity contribution in [1.29, 1.82) is 0 Å². The molecule has 0 unspecified atom stereocenters. The van der Waals surface area contributed by atoms with Crippen LogP contribution in [0.15, 0.2) is 35.0 Å². The molecule has 0 amide bonds. The van der Waals surface area contributed by atoms with Crippen LogP contribution >= 0.6 is 12.6 Å². The summed E-state index contributed by atoms with van der Waals surface area (Å²) in [5.74, 6) is 0.645. The standard InChI is InChI=1S/C12H14FNOS/c1-9(14-2)12(16)10-3-5-11(6-4-10)15-8-7-13/h3-6,16H,2,7-8H2,1H3/b12-9-. The average Bonchev–Trinajstić information content (AvgIpc) is 2.35. The van der Waals surface area contributed by atoms with Crippen LogP contribution < -0.4 is 4.74 Å². The fourth-order valence-electron chi connectivity index (χ4n) is 1.15. The summed E-state index contributed by atoms with van der Waals surface area (Å²) in [6.45, 7) is 4.87. The summed E-state index contributed by atoms with van der Waals surface area (Å²) < 4.78 is 17.0. The SMILES string of the molecule is C=N/C(C)=C(\S)c1ccc(OCCF)cc1. The van der Waals surface area contributed by atoms with Gasteiger partial charge in [-0.3, -0.25) is 4.99 Å². The van der Waals surface area contributed by atoms with Gasteiger partial charge in [0, 0.05) is 4.91 Å². The van der Waals surface area contributed by atoms with Gasteiger partial charge in [0.05, 0.1) is 5.70 Å². The monoisotopic (exact) mass is 239 g/mol. The van der Waals surface area contributed by atoms with Crippen molar-refractivity contribution >= 4 is 24.3 Å². The van der Waals surface area contributed by atoms with Gasteiger partial charge in [-0.15, -0.1) is 12.6 Å². The topological polar surface area (TPSA) is 21.6 Å². The Bertz CT molecular complexity index is 387. The van der Waals surface area contributed by atoms with Gasteiger partial charge < -0.3 is 4.74 Å². The maximum absolute atomic E-state index is 11.9. The average molecular weight is 239 g/mol. The zero-order chi connectivity index (χ0) is 12.0. The molecule has 16 heavy (non-hydrogen) atoms. The van der Waals surface area contributed by atoms with Crippen LogP contribution in [0.2, 0.25) is 0 Å². The number of allylic oxidation sites excluding steroid dienone is 1. The maximum Gasteiger partial charge on any atom is 0.123 e. The maximum atomic E-state index is 11.9. The second kappa shape index (κ2) is 6.33. The number of nitrogens with zero attached hydrogens (tertiary/aromatic N) is 1. The Hall–Kier alpha value is -1.29. The number of hydrogen-bond acceptors (Lipinski definition) is 3. The van der Waals surface area contributed by atoms with Crippen molar-refractivity contribution in [1.82, 2.24) is 0 Å². The molecule has 0 fully saturated rings. The molecule has 0 atom stereocenters. The zero-order valence-electron chi connectivity index (χ0n) is 9.11. The molecule has 1 rings (SSSR count). The lowest BCUT2D eigenvalue weighted by Gasteiger charge is -2.06. The molecule has 0 aliphatic carbocycles. The van der Waals surface area contributed by atoms with E-state index in [0.717, 1.165) is 16.2 Å². The Kier molecular flexibility index (Phi) is 5.05. The first-order chi connectivity index (χ1) is 7.69. The van der Waals surface area contributed by atoms with Crippen LogP contribution in [0.5, 0.6) is 5.75 Å². The van der Waals surface area contributed by atoms with Gasteiger partial charge in [-0.1, -0.05) is 12.1 Å². The number of ether oxygens (including phenoxy) is 1. The van der Waals surface area contributed by atoms with E-state index in [-0.39, 0.29) is 6.61 Å². The molecule has 0 radical (unpaired) electrons. The molecule has 0 bridgehead atoms. The van der Waals surface area contributed by atoms with Crippen LogP contribution in [0.4, 0.5) is 4.39 Å². The van der Waals surface area contributed by atoms with Crippen LogP contribution in [-0.4, -0.2) is 20.0 Å². The van der Waals surface area contributed by atoms with Crippen molar-refractivity contribution in [2.24, 2.45) is 4.99 Å². The van der Waals surface area contributed by atoms with Gasteiger partial charge in [-0.25, -0.2) is 4.39 Å². The first kappa shape index (κ1) is 12.8. The number of alkyl halides is 1. The lowest BCUT2D eigenvalue weighted by Crippen LogP contribution is -1.98. The van der Waals surface area contributed by atoms with Gasteiger partial charge in [0.25, 0.3) is 0 Å². The molecule has 0 heterocycles. The molecule has 1 aromatic rings. The van der Waals surface area contributed by atoms with Gasteiger partial charge in [-0.2, -0.15) is 0 Å². The van der Waals surface area contributed by atoms with E-state index < -0.39 is 6.67 Å². The van der Waals surface area contributed by atoms with Gasteiger partial charge in [-0.05, 0) is 31.3 Å². The van der Waals surface area contributed by atoms with E-state index in [1.807, 2.05) is 19.1 Å². The van der Waals surface area contributed by atoms with Crippen molar-refractivity contribution in [2.75, 3.05) is 13.3 Å². The highest BCUT2D eigenvalue weighted by Crippen LogP contribution is 2.24. The van der Waals surface area contributed by atoms with Crippen LogP contribution in [-0.2, 0) is 0 Å². The molecular formula is C12H14FNOS. The number of thiol groups is 1. The summed E-state index contributed by atoms with van der Waals surface area (Å²) in [4.78, 5) is 4.58. The first-order valence-corrected chi connectivity index (χ1v) is 5.29. The fraction of sp³-hybridized carbons (Fsp3) is 0.250. The summed E-state index contributed by atoms with van der Waals surface area (Å²) in [5.41, 5.74) is 1.70. The Morgan fingerprint density at radius 1 is 1.44 bits per heavy atom. The van der Waals surface area contributed by atoms with E-state index >= 15 is 0 Å². The molecule has 86 valence electrons. The largest absolute Gasteiger partial charge is 0.491 e. The number of benzene rings is 1. The minimum absolute atomic E-state index is 0.0795. The number of rotatable bonds is 5. The summed E-state index contributed by atoms with van der Waals surface area (Å²) in [6, 6.07) is 7.25. The molecular weight excluding hydrogens is 225 g/mol. The third kappa shape index (κ3) is 3.38. The predicted octanol–water partition coefficient (Wildman–Crippen LogP) is 3.35. The van der Waals surface area contributed by atoms with Gasteiger partial charge in [0.2, 0.25) is 0 Å². The molecule has 0 aliphatic heterocycles. The highest BCUT2D eigenvalue weighted by atomic mass is 32.1. The van der Waals surface area contributed by atoms with E-state index in [1.54, 1.807) is 12.1 Å². The molecule has 0 saturated carbocycles. The first-order valence-electron chi connectivity index (χ1n) is 4.84. The molecule has 0 N–H and O–H groups in total. The number of aliphatic imine (C=N–C) groups is 1. The van der Waals surface area contributed by atoms with Gasteiger partial charge in [0.1, 0.15) is 19.0 Å². The van der Waals surface area contributed by atoms with Crippen molar-refractivity contribution in [2.45, 2.75) is 6.92 Å². The van der Waals surface area contributed by atoms with Crippen LogP contribution in [0.1, 0.15) is 12.5 Å². The third-order valence-corrected chi connectivity index (χ3v) is 2.64. The smallest absolute Gasteiger partial charge is 0.123 e. The summed E-state index contributed by atoms with van der Waals surface area (Å²) in [5, 5.41) is 0. The Morgan fingerprint density at radius 2 is 2.06 bits per heavy atom. The number of hydrogen-bond donors (Lipinski definition) is 1. The molecule has 0 aromatic heterocycles. The summed E-state index contributed by atoms with van der Waals surface area (Å²) in [7, 11) is 0. The Balaban J connectivity index is 2.82. The Morgan fingerprint density at radius 3 is 2.56 bits per heavy atom. The summed E-state index contributed by atoms with van der Waals surface area (Å²) in [6.07, 6.45) is 0. The predicted molar refractivity (Wildman–Crippen MR) is 69.0 cm³/mol. The molecule has 4 heteroatoms. The highest BCUT2D eigenvalue weighted by Gasteiger charge is 2.01. The number of halogens is 1. The van der Waals surface area contributed by atoms with Crippen LogP contribution in [0, 0.1) is 0 Å². The second-order valence-corrected chi connectivity index (χ2v) is 3.60. The molecule has 0 aliphatic rings. The highest BCUT2D eigenvalue weighted by molar-refractivity contribution is 7.90. The normalized spacial score (nSPS) is 11.9. The van der Waals surface area contributed by atoms with E-state index in [1.165, 1.54) is 0 Å². The van der Waals surface area contributed by atoms with E-state index in [0.29, 0.717) is 5.75 Å². The quantitative estimate of drug-likeness (QED) is 0.617. The van der Waals surface area contributed by atoms with Gasteiger partial charge >= 0.3 is 0 Å². The van der Waals surface area contributed by atoms with Crippen LogP contribution in [0.3, 0.4) is 0 Å². The van der Waals surface area contributed by atoms with Crippen LogP contribution in [0.25, 0.3) is 4.91 Å². The molecule has 1 aromatic carbocycles. The van der Waals surface area contributed by atoms with E-state index in [9.17, 15) is 4.39 Å². The van der Waals surface area contributed by atoms with Crippen molar-refractivity contribution < 1.29 is 9.13 Å². The van der Waals surface area contributed by atoms with Crippen molar-refractivity contribution in [3.63, 3.8) is 0 Å². The molecule has 0 spiro atoms. The van der Waals surface area contributed by atoms with E-state index in [2.05, 4.69) is 24.3 Å². The zero-order valence-corrected chi connectivity index (χ0v) is 10.0. The second-order valence-electron chi connectivity index (χ2n) is 3.15. The lowest BCUT2D eigenvalue weighted by molar-refractivity contribution is 0.273. The third-order valence-electron chi connectivity index (χ3n) is 2.05. The lowest BCUT2D eigenvalue weighted by atomic mass is 10.2. The minimum Gasteiger partial charge on any atom is -0.491 e. The Labute approximate surface area is 100 Å². The van der Waals surface area contributed by atoms with E-state index in [4.69, 9.17) is 4.74 Å². The minimum atomic E-state index is -0.487. The van der Waals surface area contributed by atoms with Gasteiger partial charge in [0.15, 0.2) is 0 Å². The van der Waals surface area contributed by atoms with Crippen molar-refractivity contribution in [3.8, 4) is 5.75 Å². The summed E-state index contributed by atoms with van der Waals surface area (Å²) >= 11 is 4.34. The fourth-order valence-corrected chi connectivity index (χ4v) is 1.37. The van der Waals surface area contributed by atoms with Crippen molar-refractivity contribution in [3.05, 3.63) is 35.5 Å². The molecule has 0 saturated heterocycles.